The second-order valence-corrected chi connectivity index (χ2v) is 5.74. The van der Waals surface area contributed by atoms with Gasteiger partial charge in [0.05, 0.1) is 0 Å². The van der Waals surface area contributed by atoms with Crippen LogP contribution in [-0.2, 0) is 6.61 Å². The first kappa shape index (κ1) is 16.6. The predicted molar refractivity (Wildman–Crippen MR) is 90.0 cm³/mol. The molecule has 118 valence electrons. The average Bonchev–Trinajstić information content (AvgIpc) is 2.54. The van der Waals surface area contributed by atoms with Crippen LogP contribution >= 0.6 is 0 Å². The molecule has 4 nitrogen and oxygen atoms in total. The van der Waals surface area contributed by atoms with E-state index in [2.05, 4.69) is 25.1 Å². The first-order valence-corrected chi connectivity index (χ1v) is 7.50. The smallest absolute Gasteiger partial charge is 0.187 e. The Morgan fingerprint density at radius 1 is 1.26 bits per heavy atom. The molecule has 0 heterocycles. The fourth-order valence-corrected chi connectivity index (χ4v) is 2.37. The second-order valence-electron chi connectivity index (χ2n) is 5.74. The summed E-state index contributed by atoms with van der Waals surface area (Å²) in [5, 5.41) is 21.0. The summed E-state index contributed by atoms with van der Waals surface area (Å²) in [4.78, 5) is 0. The van der Waals surface area contributed by atoms with Crippen LogP contribution in [0.25, 0.3) is 0 Å². The third-order valence-corrected chi connectivity index (χ3v) is 3.61. The second kappa shape index (κ2) is 7.46. The Balaban J connectivity index is 2.24. The van der Waals surface area contributed by atoms with Gasteiger partial charge in [0.15, 0.2) is 5.71 Å². The Bertz CT molecular complexity index is 758. The Kier molecular flexibility index (Phi) is 5.37. The van der Waals surface area contributed by atoms with Crippen LogP contribution in [0.4, 0.5) is 0 Å². The zero-order valence-corrected chi connectivity index (χ0v) is 13.6. The molecule has 0 atom stereocenters. The molecular weight excluding hydrogens is 288 g/mol. The maximum absolute atomic E-state index is 9.04. The monoisotopic (exact) mass is 308 g/mol. The third kappa shape index (κ3) is 4.10. The van der Waals surface area contributed by atoms with Crippen LogP contribution < -0.4 is 4.74 Å². The lowest BCUT2D eigenvalue weighted by molar-refractivity contribution is 0.304. The number of aryl methyl sites for hydroxylation is 1. The van der Waals surface area contributed by atoms with Crippen LogP contribution in [0.3, 0.4) is 0 Å². The minimum absolute atomic E-state index is 0.0173. The molecule has 1 N–H and O–H groups in total. The molecular formula is C19H20N2O2. The Morgan fingerprint density at radius 3 is 2.65 bits per heavy atom. The number of benzene rings is 2. The van der Waals surface area contributed by atoms with Gasteiger partial charge in [-0.2, -0.15) is 5.26 Å². The molecule has 2 aromatic carbocycles. The van der Waals surface area contributed by atoms with E-state index in [9.17, 15) is 0 Å². The molecule has 23 heavy (non-hydrogen) atoms. The van der Waals surface area contributed by atoms with Crippen LogP contribution in [0.1, 0.15) is 42.0 Å². The zero-order chi connectivity index (χ0) is 16.8. The van der Waals surface area contributed by atoms with Crippen molar-refractivity contribution in [3.63, 3.8) is 0 Å². The van der Waals surface area contributed by atoms with E-state index in [0.717, 1.165) is 16.9 Å². The summed E-state index contributed by atoms with van der Waals surface area (Å²) < 4.78 is 5.90. The van der Waals surface area contributed by atoms with Crippen molar-refractivity contribution in [1.82, 2.24) is 0 Å². The first-order valence-electron chi connectivity index (χ1n) is 7.50. The summed E-state index contributed by atoms with van der Waals surface area (Å²) in [5.41, 5.74) is 3.73. The van der Waals surface area contributed by atoms with Gasteiger partial charge in [-0.15, -0.1) is 0 Å². The molecule has 0 saturated carbocycles. The summed E-state index contributed by atoms with van der Waals surface area (Å²) in [6.45, 7) is 6.63. The van der Waals surface area contributed by atoms with Crippen LogP contribution in [0, 0.1) is 18.3 Å². The minimum Gasteiger partial charge on any atom is -0.489 e. The molecule has 0 aliphatic heterocycles. The Labute approximate surface area is 136 Å². The molecule has 0 radical (unpaired) electrons. The quantitative estimate of drug-likeness (QED) is 0.506. The van der Waals surface area contributed by atoms with Crippen molar-refractivity contribution in [2.45, 2.75) is 33.3 Å². The summed E-state index contributed by atoms with van der Waals surface area (Å²) >= 11 is 0. The number of nitrogens with zero attached hydrogens (tertiary/aromatic N) is 2. The highest BCUT2D eigenvalue weighted by molar-refractivity contribution is 6.12. The topological polar surface area (TPSA) is 65.6 Å². The molecule has 0 spiro atoms. The summed E-state index contributed by atoms with van der Waals surface area (Å²) in [5.74, 6) is 1.22. The van der Waals surface area contributed by atoms with E-state index in [-0.39, 0.29) is 5.71 Å². The van der Waals surface area contributed by atoms with E-state index < -0.39 is 0 Å². The molecule has 4 heteroatoms. The normalized spacial score (nSPS) is 11.3. The Morgan fingerprint density at radius 2 is 2.00 bits per heavy atom. The molecule has 2 aromatic rings. The van der Waals surface area contributed by atoms with Crippen LogP contribution in [0.5, 0.6) is 5.75 Å². The first-order chi connectivity index (χ1) is 11.0. The van der Waals surface area contributed by atoms with E-state index >= 15 is 0 Å². The fraction of sp³-hybridized carbons (Fsp3) is 0.263. The van der Waals surface area contributed by atoms with Crippen molar-refractivity contribution in [3.05, 3.63) is 64.7 Å². The predicted octanol–water partition coefficient (Wildman–Crippen LogP) is 4.40. The summed E-state index contributed by atoms with van der Waals surface area (Å²) in [7, 11) is 0. The van der Waals surface area contributed by atoms with Gasteiger partial charge in [0.2, 0.25) is 0 Å². The maximum atomic E-state index is 9.04. The number of hydrogen-bond donors (Lipinski definition) is 1. The lowest BCUT2D eigenvalue weighted by Gasteiger charge is -2.13. The number of oxime groups is 1. The lowest BCUT2D eigenvalue weighted by atomic mass is 10.0. The van der Waals surface area contributed by atoms with E-state index in [1.165, 1.54) is 5.56 Å². The highest BCUT2D eigenvalue weighted by atomic mass is 16.5. The van der Waals surface area contributed by atoms with Gasteiger partial charge in [-0.05, 0) is 41.7 Å². The molecule has 0 fully saturated rings. The highest BCUT2D eigenvalue weighted by Crippen LogP contribution is 2.24. The summed E-state index contributed by atoms with van der Waals surface area (Å²) in [6.07, 6.45) is 0. The maximum Gasteiger partial charge on any atom is 0.187 e. The van der Waals surface area contributed by atoms with Gasteiger partial charge in [0.1, 0.15) is 18.4 Å². The molecule has 0 aromatic heterocycles. The Hall–Kier alpha value is -2.80. The standard InChI is InChI=1S/C19H20N2O2/c1-13(2)16-8-14(3)9-17(10-16)23-12-15-6-4-5-7-18(15)19(11-20)21-22/h4-10,13,22H,12H2,1-3H3/b21-19-. The van der Waals surface area contributed by atoms with Crippen molar-refractivity contribution < 1.29 is 9.94 Å². The van der Waals surface area contributed by atoms with E-state index in [1.54, 1.807) is 12.1 Å². The molecule has 0 unspecified atom stereocenters. The lowest BCUT2D eigenvalue weighted by Crippen LogP contribution is -2.06. The zero-order valence-electron chi connectivity index (χ0n) is 13.6. The van der Waals surface area contributed by atoms with Crippen LogP contribution in [-0.4, -0.2) is 10.9 Å². The molecule has 0 aliphatic carbocycles. The minimum atomic E-state index is -0.0173. The van der Waals surface area contributed by atoms with Gasteiger partial charge in [-0.25, -0.2) is 0 Å². The van der Waals surface area contributed by atoms with Gasteiger partial charge in [0, 0.05) is 5.56 Å². The highest BCUT2D eigenvalue weighted by Gasteiger charge is 2.10. The van der Waals surface area contributed by atoms with Gasteiger partial charge >= 0.3 is 0 Å². The molecule has 0 bridgehead atoms. The molecule has 2 rings (SSSR count). The number of nitriles is 1. The molecule has 0 aliphatic rings. The van der Waals surface area contributed by atoms with Gasteiger partial charge in [0.25, 0.3) is 0 Å². The van der Waals surface area contributed by atoms with Crippen molar-refractivity contribution in [3.8, 4) is 11.8 Å². The average molecular weight is 308 g/mol. The van der Waals surface area contributed by atoms with E-state index in [4.69, 9.17) is 15.2 Å². The molecule has 0 saturated heterocycles. The number of rotatable bonds is 5. The molecule has 0 amide bonds. The SMILES string of the molecule is Cc1cc(OCc2ccccc2/C(C#N)=N\O)cc(C(C)C)c1. The number of hydrogen-bond acceptors (Lipinski definition) is 4. The van der Waals surface area contributed by atoms with Gasteiger partial charge in [-0.1, -0.05) is 49.3 Å². The van der Waals surface area contributed by atoms with Crippen molar-refractivity contribution >= 4 is 5.71 Å². The number of ether oxygens (including phenoxy) is 1. The van der Waals surface area contributed by atoms with Crippen molar-refractivity contribution in [1.29, 1.82) is 5.26 Å². The fourth-order valence-electron chi connectivity index (χ4n) is 2.37. The van der Waals surface area contributed by atoms with Gasteiger partial charge < -0.3 is 9.94 Å². The van der Waals surface area contributed by atoms with Gasteiger partial charge in [-0.3, -0.25) is 0 Å². The van der Waals surface area contributed by atoms with Crippen LogP contribution in [0.2, 0.25) is 0 Å². The largest absolute Gasteiger partial charge is 0.489 e. The van der Waals surface area contributed by atoms with E-state index in [1.807, 2.05) is 37.3 Å². The summed E-state index contributed by atoms with van der Waals surface area (Å²) in [6, 6.07) is 15.3. The van der Waals surface area contributed by atoms with Crippen molar-refractivity contribution in [2.24, 2.45) is 5.16 Å². The van der Waals surface area contributed by atoms with Crippen LogP contribution in [0.15, 0.2) is 47.6 Å². The van der Waals surface area contributed by atoms with E-state index in [0.29, 0.717) is 18.1 Å². The van der Waals surface area contributed by atoms with Crippen molar-refractivity contribution in [2.75, 3.05) is 0 Å². The third-order valence-electron chi connectivity index (χ3n) is 3.61.